The van der Waals surface area contributed by atoms with Crippen molar-refractivity contribution >= 4 is 52.3 Å². The molecular formula is C36H51F3N6O7S2. The molecular weight excluding hydrogens is 750 g/mol. The van der Waals surface area contributed by atoms with E-state index in [1.807, 2.05) is 25.8 Å². The third kappa shape index (κ3) is 11.7. The number of halogens is 3. The summed E-state index contributed by atoms with van der Waals surface area (Å²) >= 11 is 1.88. The molecule has 300 valence electrons. The van der Waals surface area contributed by atoms with E-state index in [0.717, 1.165) is 66.7 Å². The summed E-state index contributed by atoms with van der Waals surface area (Å²) < 4.78 is 50.2. The van der Waals surface area contributed by atoms with E-state index >= 15 is 0 Å². The number of methoxy groups -OCH3 is 1. The van der Waals surface area contributed by atoms with Crippen molar-refractivity contribution < 1.29 is 46.6 Å². The van der Waals surface area contributed by atoms with E-state index < -0.39 is 59.9 Å². The molecule has 1 saturated heterocycles. The Balaban J connectivity index is 1.50. The SMILES string of the molecule is COC(=O)[C@@H](C)C[C@H](Cc1nc(C(F)(F)F)cs1)NC(=O)c1csc([C@@H](C[C@H](C(C)C)N(C)C(=O)[C@@H](NC(=O)[C@H]2CCCCN2C)C2CC2)OC(C)=O)n1. The number of esters is 2. The second-order valence-corrected chi connectivity index (χ2v) is 16.5. The summed E-state index contributed by atoms with van der Waals surface area (Å²) in [6.45, 7) is 7.54. The van der Waals surface area contributed by atoms with Gasteiger partial charge in [0.15, 0.2) is 11.8 Å². The first-order valence-corrected chi connectivity index (χ1v) is 20.0. The standard InChI is InChI=1S/C36H51F3N6O7S2/c1-19(2)26(45(6)34(49)30(22-11-12-22)43-32(48)25-10-8-9-13-44(25)5)16-27(52-21(4)46)33-41-24(17-54-33)31(47)40-23(14-20(3)35(50)51-7)15-29-42-28(18-53-29)36(37,38)39/h17-20,22-23,25-27,30H,8-16H2,1-7H3,(H,40,47)(H,43,48)/t20-,23+,25+,26+,27+,30-/m0/s1. The maximum atomic E-state index is 14.1. The highest BCUT2D eigenvalue weighted by molar-refractivity contribution is 7.10. The fourth-order valence-electron chi connectivity index (χ4n) is 6.81. The second kappa shape index (κ2) is 18.8. The van der Waals surface area contributed by atoms with Crippen molar-refractivity contribution in [2.45, 2.75) is 116 Å². The van der Waals surface area contributed by atoms with E-state index in [0.29, 0.717) is 5.01 Å². The van der Waals surface area contributed by atoms with Crippen molar-refractivity contribution in [3.05, 3.63) is 32.2 Å². The van der Waals surface area contributed by atoms with Crippen LogP contribution in [0.2, 0.25) is 0 Å². The van der Waals surface area contributed by atoms with Gasteiger partial charge in [0.25, 0.3) is 5.91 Å². The lowest BCUT2D eigenvalue weighted by Gasteiger charge is -2.37. The molecule has 4 rings (SSSR count). The number of piperidine rings is 1. The molecule has 13 nitrogen and oxygen atoms in total. The summed E-state index contributed by atoms with van der Waals surface area (Å²) in [5.41, 5.74) is -1.06. The van der Waals surface area contributed by atoms with Crippen LogP contribution in [0.3, 0.4) is 0 Å². The maximum Gasteiger partial charge on any atom is 0.434 e. The van der Waals surface area contributed by atoms with Crippen molar-refractivity contribution in [3.63, 3.8) is 0 Å². The summed E-state index contributed by atoms with van der Waals surface area (Å²) in [5, 5.41) is 8.65. The Morgan fingerprint density at radius 3 is 2.30 bits per heavy atom. The number of nitrogens with one attached hydrogen (secondary N) is 2. The molecule has 6 atom stereocenters. The normalized spacial score (nSPS) is 19.3. The van der Waals surface area contributed by atoms with Crippen LogP contribution in [-0.4, -0.2) is 101 Å². The summed E-state index contributed by atoms with van der Waals surface area (Å²) in [6, 6.07) is -2.20. The smallest absolute Gasteiger partial charge is 0.434 e. The lowest BCUT2D eigenvalue weighted by atomic mass is 9.95. The number of thiazole rings is 2. The van der Waals surface area contributed by atoms with Crippen LogP contribution >= 0.6 is 22.7 Å². The van der Waals surface area contributed by atoms with Gasteiger partial charge in [0, 0.05) is 49.7 Å². The molecule has 3 heterocycles. The van der Waals surface area contributed by atoms with Gasteiger partial charge in [-0.1, -0.05) is 27.2 Å². The average Bonchev–Trinajstić information content (AvgIpc) is 3.60. The number of aromatic nitrogens is 2. The molecule has 54 heavy (non-hydrogen) atoms. The lowest BCUT2D eigenvalue weighted by molar-refractivity contribution is -0.149. The number of carbonyl (C=O) groups excluding carboxylic acids is 5. The molecule has 0 bridgehead atoms. The first-order chi connectivity index (χ1) is 25.4. The van der Waals surface area contributed by atoms with E-state index in [1.165, 1.54) is 19.4 Å². The van der Waals surface area contributed by atoms with E-state index in [4.69, 9.17) is 9.47 Å². The van der Waals surface area contributed by atoms with Gasteiger partial charge >= 0.3 is 18.1 Å². The molecule has 2 aliphatic rings. The summed E-state index contributed by atoms with van der Waals surface area (Å²) in [4.78, 5) is 77.2. The largest absolute Gasteiger partial charge is 0.469 e. The number of alkyl halides is 3. The Morgan fingerprint density at radius 1 is 1.02 bits per heavy atom. The monoisotopic (exact) mass is 800 g/mol. The molecule has 0 unspecified atom stereocenters. The topological polar surface area (TPSA) is 160 Å². The minimum atomic E-state index is -4.63. The fraction of sp³-hybridized carbons (Fsp3) is 0.694. The zero-order chi connectivity index (χ0) is 39.9. The molecule has 0 radical (unpaired) electrons. The van der Waals surface area contributed by atoms with Gasteiger partial charge in [0.2, 0.25) is 11.8 Å². The summed E-state index contributed by atoms with van der Waals surface area (Å²) in [5.74, 6) is -2.89. The number of likely N-dealkylation sites (N-methyl/N-ethyl adjacent to an activating group) is 2. The van der Waals surface area contributed by atoms with Crippen LogP contribution in [0.15, 0.2) is 10.8 Å². The minimum absolute atomic E-state index is 0.0206. The van der Waals surface area contributed by atoms with Crippen molar-refractivity contribution in [1.82, 2.24) is 30.4 Å². The zero-order valence-corrected chi connectivity index (χ0v) is 33.4. The van der Waals surface area contributed by atoms with Crippen LogP contribution in [0.25, 0.3) is 0 Å². The van der Waals surface area contributed by atoms with E-state index in [1.54, 1.807) is 18.9 Å². The highest BCUT2D eigenvalue weighted by Gasteiger charge is 2.42. The van der Waals surface area contributed by atoms with E-state index in [2.05, 4.69) is 20.6 Å². The van der Waals surface area contributed by atoms with Gasteiger partial charge in [-0.15, -0.1) is 22.7 Å². The van der Waals surface area contributed by atoms with Gasteiger partial charge in [-0.25, -0.2) is 9.97 Å². The van der Waals surface area contributed by atoms with Gasteiger partial charge < -0.3 is 25.0 Å². The number of rotatable bonds is 17. The Bertz CT molecular complexity index is 1630. The van der Waals surface area contributed by atoms with Gasteiger partial charge in [-0.3, -0.25) is 28.9 Å². The van der Waals surface area contributed by atoms with Crippen molar-refractivity contribution in [2.24, 2.45) is 17.8 Å². The Kier molecular flexibility index (Phi) is 15.0. The Morgan fingerprint density at radius 2 is 1.72 bits per heavy atom. The highest BCUT2D eigenvalue weighted by atomic mass is 32.1. The number of hydrogen-bond acceptors (Lipinski definition) is 12. The Hall–Kier alpha value is -3.64. The minimum Gasteiger partial charge on any atom is -0.469 e. The van der Waals surface area contributed by atoms with Crippen LogP contribution in [0, 0.1) is 17.8 Å². The van der Waals surface area contributed by atoms with Crippen LogP contribution in [0.1, 0.15) is 105 Å². The first kappa shape index (κ1) is 43.1. The average molecular weight is 801 g/mol. The van der Waals surface area contributed by atoms with Crippen molar-refractivity contribution in [3.8, 4) is 0 Å². The van der Waals surface area contributed by atoms with Gasteiger partial charge in [-0.05, 0) is 57.5 Å². The number of hydrogen-bond donors (Lipinski definition) is 2. The number of nitrogens with zero attached hydrogens (tertiary/aromatic N) is 4. The van der Waals surface area contributed by atoms with E-state index in [-0.39, 0.29) is 59.7 Å². The predicted molar refractivity (Wildman–Crippen MR) is 195 cm³/mol. The molecule has 2 N–H and O–H groups in total. The lowest BCUT2D eigenvalue weighted by Crippen LogP contribution is -2.56. The zero-order valence-electron chi connectivity index (χ0n) is 31.7. The molecule has 1 aliphatic heterocycles. The number of carbonyl (C=O) groups is 5. The second-order valence-electron chi connectivity index (χ2n) is 14.6. The summed E-state index contributed by atoms with van der Waals surface area (Å²) in [6.07, 6.45) is -1.03. The number of ether oxygens (including phenoxy) is 2. The molecule has 1 aliphatic carbocycles. The van der Waals surface area contributed by atoms with Crippen LogP contribution < -0.4 is 10.6 Å². The van der Waals surface area contributed by atoms with E-state index in [9.17, 15) is 37.1 Å². The van der Waals surface area contributed by atoms with Crippen LogP contribution in [0.4, 0.5) is 13.2 Å². The van der Waals surface area contributed by atoms with Gasteiger partial charge in [0.05, 0.1) is 24.1 Å². The Labute approximate surface area is 321 Å². The van der Waals surface area contributed by atoms with Crippen molar-refractivity contribution in [2.75, 3.05) is 27.7 Å². The highest BCUT2D eigenvalue weighted by Crippen LogP contribution is 2.36. The molecule has 18 heteroatoms. The molecule has 0 spiro atoms. The molecule has 2 fully saturated rings. The predicted octanol–water partition coefficient (Wildman–Crippen LogP) is 5.02. The maximum absolute atomic E-state index is 14.1. The van der Waals surface area contributed by atoms with Crippen LogP contribution in [-0.2, 0) is 41.2 Å². The quantitative estimate of drug-likeness (QED) is 0.208. The first-order valence-electron chi connectivity index (χ1n) is 18.2. The van der Waals surface area contributed by atoms with Gasteiger partial charge in [0.1, 0.15) is 16.7 Å². The molecule has 3 amide bonds. The molecule has 2 aromatic rings. The fourth-order valence-corrected chi connectivity index (χ4v) is 8.53. The summed E-state index contributed by atoms with van der Waals surface area (Å²) in [7, 11) is 4.82. The van der Waals surface area contributed by atoms with Gasteiger partial charge in [-0.2, -0.15) is 13.2 Å². The molecule has 0 aromatic carbocycles. The molecule has 2 aromatic heterocycles. The third-order valence-corrected chi connectivity index (χ3v) is 11.8. The van der Waals surface area contributed by atoms with Crippen LogP contribution in [0.5, 0.6) is 0 Å². The third-order valence-electron chi connectivity index (χ3n) is 9.98. The molecule has 1 saturated carbocycles. The number of amides is 3. The number of likely N-dealkylation sites (tertiary alicyclic amines) is 1. The van der Waals surface area contributed by atoms with Crippen molar-refractivity contribution in [1.29, 1.82) is 0 Å².